The highest BCUT2D eigenvalue weighted by atomic mass is 16.5. The van der Waals surface area contributed by atoms with E-state index in [2.05, 4.69) is 30.6 Å². The number of amides is 1. The molecule has 1 saturated carbocycles. The molecule has 0 bridgehead atoms. The van der Waals surface area contributed by atoms with Gasteiger partial charge in [-0.05, 0) is 44.4 Å². The minimum Gasteiger partial charge on any atom is -0.378 e. The van der Waals surface area contributed by atoms with Gasteiger partial charge < -0.3 is 14.2 Å². The van der Waals surface area contributed by atoms with Gasteiger partial charge in [-0.25, -0.2) is 0 Å². The molecular weight excluding hydrogens is 302 g/mol. The van der Waals surface area contributed by atoms with Crippen LogP contribution in [-0.4, -0.2) is 41.7 Å². The van der Waals surface area contributed by atoms with Crippen LogP contribution < -0.4 is 0 Å². The van der Waals surface area contributed by atoms with Gasteiger partial charge in [-0.15, -0.1) is 0 Å². The number of rotatable bonds is 3. The number of carbonyl (C=O) groups excluding carboxylic acids is 1. The van der Waals surface area contributed by atoms with Crippen molar-refractivity contribution < 1.29 is 9.53 Å². The average Bonchev–Trinajstić information content (AvgIpc) is 3.21. The van der Waals surface area contributed by atoms with Crippen LogP contribution in [0.5, 0.6) is 0 Å². The molecule has 0 N–H and O–H groups in total. The second-order valence-electron chi connectivity index (χ2n) is 6.71. The summed E-state index contributed by atoms with van der Waals surface area (Å²) in [6.45, 7) is 6.39. The summed E-state index contributed by atoms with van der Waals surface area (Å²) in [6.07, 6.45) is 6.76. The molecule has 1 aromatic rings. The molecule has 1 aliphatic heterocycles. The fraction of sp³-hybridized carbons (Fsp3) is 0.579. The lowest BCUT2D eigenvalue weighted by atomic mass is 10.1. The molecule has 0 unspecified atom stereocenters. The highest BCUT2D eigenvalue weighted by Crippen LogP contribution is 2.33. The number of aromatic nitrogens is 1. The third-order valence-electron chi connectivity index (χ3n) is 5.16. The zero-order valence-electron chi connectivity index (χ0n) is 14.5. The number of carbonyl (C=O) groups is 1. The first-order valence-corrected chi connectivity index (χ1v) is 8.79. The van der Waals surface area contributed by atoms with Crippen LogP contribution in [0.3, 0.4) is 0 Å². The molecule has 1 aromatic heterocycles. The molecule has 1 aliphatic carbocycles. The van der Waals surface area contributed by atoms with E-state index < -0.39 is 0 Å². The summed E-state index contributed by atoms with van der Waals surface area (Å²) in [5.41, 5.74) is 3.56. The largest absolute Gasteiger partial charge is 0.378 e. The number of ether oxygens (including phenoxy) is 1. The normalized spacial score (nSPS) is 19.5. The van der Waals surface area contributed by atoms with Gasteiger partial charge in [-0.2, -0.15) is 5.26 Å². The van der Waals surface area contributed by atoms with Crippen LogP contribution in [-0.2, 0) is 9.53 Å². The van der Waals surface area contributed by atoms with Crippen LogP contribution in [0, 0.1) is 25.2 Å². The van der Waals surface area contributed by atoms with Crippen LogP contribution in [0.15, 0.2) is 11.6 Å². The molecule has 1 amide bonds. The second-order valence-corrected chi connectivity index (χ2v) is 6.71. The number of morpholine rings is 1. The Bertz CT molecular complexity index is 684. The summed E-state index contributed by atoms with van der Waals surface area (Å²) in [6, 6.07) is 4.75. The standard InChI is InChI=1S/C19H25N3O2/c1-14-11-16(15(2)22(14)18-5-3-4-6-18)12-17(13-20)19(23)21-7-9-24-10-8-21/h11-12,18H,3-10H2,1-2H3. The predicted molar refractivity (Wildman–Crippen MR) is 92.4 cm³/mol. The lowest BCUT2D eigenvalue weighted by Gasteiger charge is -2.26. The summed E-state index contributed by atoms with van der Waals surface area (Å²) in [5, 5.41) is 9.46. The number of aryl methyl sites for hydroxylation is 1. The fourth-order valence-corrected chi connectivity index (χ4v) is 3.91. The van der Waals surface area contributed by atoms with Crippen molar-refractivity contribution in [1.29, 1.82) is 5.26 Å². The molecule has 5 nitrogen and oxygen atoms in total. The molecule has 2 aliphatic rings. The van der Waals surface area contributed by atoms with E-state index in [1.165, 1.54) is 31.4 Å². The Morgan fingerprint density at radius 3 is 2.58 bits per heavy atom. The van der Waals surface area contributed by atoms with Crippen molar-refractivity contribution in [3.63, 3.8) is 0 Å². The quantitative estimate of drug-likeness (QED) is 0.633. The first-order chi connectivity index (χ1) is 11.6. The molecule has 2 fully saturated rings. The van der Waals surface area contributed by atoms with E-state index in [1.807, 2.05) is 0 Å². The van der Waals surface area contributed by atoms with Gasteiger partial charge in [0.25, 0.3) is 5.91 Å². The summed E-state index contributed by atoms with van der Waals surface area (Å²) in [5.74, 6) is -0.188. The Balaban J connectivity index is 1.87. The van der Waals surface area contributed by atoms with Crippen molar-refractivity contribution in [2.75, 3.05) is 26.3 Å². The third kappa shape index (κ3) is 3.25. The van der Waals surface area contributed by atoms with E-state index in [4.69, 9.17) is 4.74 Å². The predicted octanol–water partition coefficient (Wildman–Crippen LogP) is 2.99. The molecule has 0 atom stereocenters. The number of hydrogen-bond donors (Lipinski definition) is 0. The highest BCUT2D eigenvalue weighted by molar-refractivity contribution is 6.01. The Morgan fingerprint density at radius 2 is 1.96 bits per heavy atom. The van der Waals surface area contributed by atoms with Crippen molar-refractivity contribution in [3.05, 3.63) is 28.6 Å². The second kappa shape index (κ2) is 7.23. The van der Waals surface area contributed by atoms with E-state index in [1.54, 1.807) is 11.0 Å². The summed E-state index contributed by atoms with van der Waals surface area (Å²) < 4.78 is 7.66. The Labute approximate surface area is 143 Å². The Morgan fingerprint density at radius 1 is 1.29 bits per heavy atom. The van der Waals surface area contributed by atoms with Crippen molar-refractivity contribution in [3.8, 4) is 6.07 Å². The summed E-state index contributed by atoms with van der Waals surface area (Å²) in [7, 11) is 0. The van der Waals surface area contributed by atoms with Crippen molar-refractivity contribution in [2.45, 2.75) is 45.6 Å². The first kappa shape index (κ1) is 16.8. The van der Waals surface area contributed by atoms with Crippen LogP contribution in [0.25, 0.3) is 6.08 Å². The van der Waals surface area contributed by atoms with Gasteiger partial charge in [0, 0.05) is 30.5 Å². The maximum Gasteiger partial charge on any atom is 0.264 e. The molecule has 0 spiro atoms. The monoisotopic (exact) mass is 327 g/mol. The fourth-order valence-electron chi connectivity index (χ4n) is 3.91. The van der Waals surface area contributed by atoms with Gasteiger partial charge in [0.15, 0.2) is 0 Å². The molecule has 24 heavy (non-hydrogen) atoms. The van der Waals surface area contributed by atoms with Crippen LogP contribution in [0.2, 0.25) is 0 Å². The van der Waals surface area contributed by atoms with Crippen molar-refractivity contribution in [2.24, 2.45) is 0 Å². The topological polar surface area (TPSA) is 58.3 Å². The molecule has 128 valence electrons. The molecule has 0 radical (unpaired) electrons. The highest BCUT2D eigenvalue weighted by Gasteiger charge is 2.23. The third-order valence-corrected chi connectivity index (χ3v) is 5.16. The van der Waals surface area contributed by atoms with Crippen molar-refractivity contribution >= 4 is 12.0 Å². The van der Waals surface area contributed by atoms with E-state index in [0.717, 1.165) is 11.3 Å². The maximum atomic E-state index is 12.6. The van der Waals surface area contributed by atoms with E-state index >= 15 is 0 Å². The average molecular weight is 327 g/mol. The Hall–Kier alpha value is -2.06. The van der Waals surface area contributed by atoms with Gasteiger partial charge in [0.1, 0.15) is 11.6 Å². The summed E-state index contributed by atoms with van der Waals surface area (Å²) in [4.78, 5) is 14.3. The number of nitrogens with zero attached hydrogens (tertiary/aromatic N) is 3. The van der Waals surface area contributed by atoms with E-state index in [-0.39, 0.29) is 11.5 Å². The van der Waals surface area contributed by atoms with Crippen LogP contribution >= 0.6 is 0 Å². The summed E-state index contributed by atoms with van der Waals surface area (Å²) >= 11 is 0. The van der Waals surface area contributed by atoms with E-state index in [0.29, 0.717) is 32.3 Å². The van der Waals surface area contributed by atoms with Gasteiger partial charge in [-0.1, -0.05) is 12.8 Å². The van der Waals surface area contributed by atoms with Crippen LogP contribution in [0.4, 0.5) is 0 Å². The number of nitriles is 1. The SMILES string of the molecule is Cc1cc(C=C(C#N)C(=O)N2CCOCC2)c(C)n1C1CCCC1. The first-order valence-electron chi connectivity index (χ1n) is 8.79. The number of hydrogen-bond acceptors (Lipinski definition) is 3. The molecular formula is C19H25N3O2. The zero-order chi connectivity index (χ0) is 17.1. The molecule has 0 aromatic carbocycles. The lowest BCUT2D eigenvalue weighted by molar-refractivity contribution is -0.130. The molecule has 2 heterocycles. The van der Waals surface area contributed by atoms with Gasteiger partial charge in [0.05, 0.1) is 13.2 Å². The van der Waals surface area contributed by atoms with Crippen LogP contribution in [0.1, 0.15) is 48.7 Å². The Kier molecular flexibility index (Phi) is 5.06. The smallest absolute Gasteiger partial charge is 0.264 e. The molecule has 5 heteroatoms. The van der Waals surface area contributed by atoms with Gasteiger partial charge in [-0.3, -0.25) is 4.79 Å². The van der Waals surface area contributed by atoms with Gasteiger partial charge in [0.2, 0.25) is 0 Å². The van der Waals surface area contributed by atoms with E-state index in [9.17, 15) is 10.1 Å². The zero-order valence-corrected chi connectivity index (χ0v) is 14.5. The minimum absolute atomic E-state index is 0.188. The minimum atomic E-state index is -0.188. The molecule has 3 rings (SSSR count). The molecule has 1 saturated heterocycles. The van der Waals surface area contributed by atoms with Crippen molar-refractivity contribution in [1.82, 2.24) is 9.47 Å². The maximum absolute atomic E-state index is 12.6. The van der Waals surface area contributed by atoms with Gasteiger partial charge >= 0.3 is 0 Å². The lowest BCUT2D eigenvalue weighted by Crippen LogP contribution is -2.41.